The summed E-state index contributed by atoms with van der Waals surface area (Å²) in [6.07, 6.45) is 7.62. The fraction of sp³-hybridized carbons (Fsp3) is 0.333. The fourth-order valence-electron chi connectivity index (χ4n) is 3.75. The second kappa shape index (κ2) is 7.54. The standard InChI is InChI=1S/C21H23N3OS/c1-26-19-10-6-5-9-16(19)15-11-12-17-18(13-15)23-24-20(17)22-21(25)14-7-3-2-4-8-14/h5-6,9-14H,2-4,7-8H2,1H3,(H2,22,23,24,25). The molecule has 1 saturated carbocycles. The molecule has 4 nitrogen and oxygen atoms in total. The van der Waals surface area contributed by atoms with Crippen LogP contribution in [0.3, 0.4) is 0 Å². The van der Waals surface area contributed by atoms with E-state index in [0.29, 0.717) is 5.82 Å². The molecule has 1 aliphatic carbocycles. The summed E-state index contributed by atoms with van der Waals surface area (Å²) in [6, 6.07) is 14.6. The molecule has 0 radical (unpaired) electrons. The zero-order valence-corrected chi connectivity index (χ0v) is 15.7. The van der Waals surface area contributed by atoms with E-state index in [0.717, 1.165) is 42.1 Å². The van der Waals surface area contributed by atoms with Gasteiger partial charge < -0.3 is 5.32 Å². The van der Waals surface area contributed by atoms with Crippen LogP contribution in [0.25, 0.3) is 22.0 Å². The molecule has 134 valence electrons. The third-order valence-corrected chi connectivity index (χ3v) is 5.99. The molecule has 1 aromatic heterocycles. The number of thioether (sulfide) groups is 1. The van der Waals surface area contributed by atoms with Gasteiger partial charge in [0.05, 0.1) is 5.52 Å². The summed E-state index contributed by atoms with van der Waals surface area (Å²) in [5, 5.41) is 11.4. The second-order valence-electron chi connectivity index (χ2n) is 6.86. The molecule has 1 amide bonds. The van der Waals surface area contributed by atoms with Crippen molar-refractivity contribution >= 4 is 34.4 Å². The number of hydrogen-bond donors (Lipinski definition) is 2. The van der Waals surface area contributed by atoms with Crippen LogP contribution >= 0.6 is 11.8 Å². The number of hydrogen-bond acceptors (Lipinski definition) is 3. The topological polar surface area (TPSA) is 57.8 Å². The molecule has 2 aromatic carbocycles. The van der Waals surface area contributed by atoms with Crippen molar-refractivity contribution in [2.75, 3.05) is 11.6 Å². The molecular formula is C21H23N3OS. The van der Waals surface area contributed by atoms with Crippen LogP contribution in [0.1, 0.15) is 32.1 Å². The Bertz CT molecular complexity index is 928. The Morgan fingerprint density at radius 3 is 2.77 bits per heavy atom. The molecule has 0 unspecified atom stereocenters. The SMILES string of the molecule is CSc1ccccc1-c1ccc2c(NC(=O)C3CCCCC3)n[nH]c2c1. The van der Waals surface area contributed by atoms with Crippen LogP contribution in [-0.2, 0) is 4.79 Å². The molecule has 0 bridgehead atoms. The lowest BCUT2D eigenvalue weighted by atomic mass is 9.89. The van der Waals surface area contributed by atoms with Gasteiger partial charge in [0.25, 0.3) is 0 Å². The highest BCUT2D eigenvalue weighted by Crippen LogP contribution is 2.33. The third kappa shape index (κ3) is 3.36. The minimum atomic E-state index is 0.106. The van der Waals surface area contributed by atoms with E-state index in [1.54, 1.807) is 11.8 Å². The van der Waals surface area contributed by atoms with E-state index in [4.69, 9.17) is 0 Å². The maximum atomic E-state index is 12.5. The number of amides is 1. The molecule has 26 heavy (non-hydrogen) atoms. The molecule has 0 spiro atoms. The highest BCUT2D eigenvalue weighted by molar-refractivity contribution is 7.98. The van der Waals surface area contributed by atoms with Gasteiger partial charge in [-0.25, -0.2) is 0 Å². The smallest absolute Gasteiger partial charge is 0.228 e. The van der Waals surface area contributed by atoms with Gasteiger partial charge in [0.1, 0.15) is 0 Å². The molecule has 2 N–H and O–H groups in total. The average molecular weight is 366 g/mol. The molecule has 4 rings (SSSR count). The van der Waals surface area contributed by atoms with Crippen molar-refractivity contribution in [2.45, 2.75) is 37.0 Å². The summed E-state index contributed by atoms with van der Waals surface area (Å²) in [5.74, 6) is 0.874. The average Bonchev–Trinajstić information content (AvgIpc) is 3.10. The maximum Gasteiger partial charge on any atom is 0.228 e. The summed E-state index contributed by atoms with van der Waals surface area (Å²) in [4.78, 5) is 13.8. The molecule has 3 aromatic rings. The van der Waals surface area contributed by atoms with Crippen molar-refractivity contribution in [3.05, 3.63) is 42.5 Å². The third-order valence-electron chi connectivity index (χ3n) is 5.20. The summed E-state index contributed by atoms with van der Waals surface area (Å²) >= 11 is 1.74. The summed E-state index contributed by atoms with van der Waals surface area (Å²) in [6.45, 7) is 0. The number of anilines is 1. The maximum absolute atomic E-state index is 12.5. The Morgan fingerprint density at radius 1 is 1.15 bits per heavy atom. The largest absolute Gasteiger partial charge is 0.308 e. The summed E-state index contributed by atoms with van der Waals surface area (Å²) in [5.41, 5.74) is 3.30. The van der Waals surface area contributed by atoms with Crippen LogP contribution < -0.4 is 5.32 Å². The highest BCUT2D eigenvalue weighted by Gasteiger charge is 2.22. The zero-order valence-electron chi connectivity index (χ0n) is 14.9. The minimum Gasteiger partial charge on any atom is -0.308 e. The second-order valence-corrected chi connectivity index (χ2v) is 7.71. The van der Waals surface area contributed by atoms with Gasteiger partial charge in [0.2, 0.25) is 5.91 Å². The Hall–Kier alpha value is -2.27. The molecule has 0 aliphatic heterocycles. The van der Waals surface area contributed by atoms with E-state index in [2.05, 4.69) is 58.2 Å². The zero-order chi connectivity index (χ0) is 17.9. The Morgan fingerprint density at radius 2 is 1.96 bits per heavy atom. The molecule has 5 heteroatoms. The Labute approximate surface area is 157 Å². The van der Waals surface area contributed by atoms with Gasteiger partial charge in [-0.2, -0.15) is 5.10 Å². The first-order valence-electron chi connectivity index (χ1n) is 9.18. The van der Waals surface area contributed by atoms with Crippen molar-refractivity contribution in [3.63, 3.8) is 0 Å². The van der Waals surface area contributed by atoms with Crippen LogP contribution in [-0.4, -0.2) is 22.4 Å². The van der Waals surface area contributed by atoms with E-state index < -0.39 is 0 Å². The normalized spacial score (nSPS) is 15.3. The van der Waals surface area contributed by atoms with E-state index in [9.17, 15) is 4.79 Å². The first-order chi connectivity index (χ1) is 12.8. The van der Waals surface area contributed by atoms with Crippen LogP contribution in [0.4, 0.5) is 5.82 Å². The first kappa shape index (κ1) is 17.2. The lowest BCUT2D eigenvalue weighted by molar-refractivity contribution is -0.120. The highest BCUT2D eigenvalue weighted by atomic mass is 32.2. The fourth-order valence-corrected chi connectivity index (χ4v) is 4.37. The van der Waals surface area contributed by atoms with E-state index in [1.807, 2.05) is 6.07 Å². The number of aromatic amines is 1. The van der Waals surface area contributed by atoms with Crippen molar-refractivity contribution < 1.29 is 4.79 Å². The van der Waals surface area contributed by atoms with Gasteiger partial charge in [0.15, 0.2) is 5.82 Å². The number of aromatic nitrogens is 2. The van der Waals surface area contributed by atoms with Crippen LogP contribution in [0.2, 0.25) is 0 Å². The number of benzene rings is 2. The van der Waals surface area contributed by atoms with Crippen LogP contribution in [0, 0.1) is 5.92 Å². The van der Waals surface area contributed by atoms with E-state index >= 15 is 0 Å². The predicted octanol–water partition coefficient (Wildman–Crippen LogP) is 5.47. The van der Waals surface area contributed by atoms with Gasteiger partial charge in [-0.1, -0.05) is 43.5 Å². The van der Waals surface area contributed by atoms with Crippen molar-refractivity contribution in [3.8, 4) is 11.1 Å². The minimum absolute atomic E-state index is 0.106. The van der Waals surface area contributed by atoms with Gasteiger partial charge in [-0.3, -0.25) is 9.89 Å². The molecule has 0 saturated heterocycles. The Balaban J connectivity index is 1.60. The van der Waals surface area contributed by atoms with Crippen molar-refractivity contribution in [1.82, 2.24) is 10.2 Å². The number of rotatable bonds is 4. The number of carbonyl (C=O) groups is 1. The first-order valence-corrected chi connectivity index (χ1v) is 10.4. The molecule has 1 fully saturated rings. The van der Waals surface area contributed by atoms with Gasteiger partial charge in [0, 0.05) is 16.2 Å². The van der Waals surface area contributed by atoms with Gasteiger partial charge >= 0.3 is 0 Å². The van der Waals surface area contributed by atoms with Crippen LogP contribution in [0.5, 0.6) is 0 Å². The monoisotopic (exact) mass is 365 g/mol. The number of nitrogens with zero attached hydrogens (tertiary/aromatic N) is 1. The molecule has 0 atom stereocenters. The van der Waals surface area contributed by atoms with Gasteiger partial charge in [-0.15, -0.1) is 11.8 Å². The van der Waals surface area contributed by atoms with Crippen molar-refractivity contribution in [1.29, 1.82) is 0 Å². The lowest BCUT2D eigenvalue weighted by Gasteiger charge is -2.20. The van der Waals surface area contributed by atoms with Crippen molar-refractivity contribution in [2.24, 2.45) is 5.92 Å². The van der Waals surface area contributed by atoms with Crippen LogP contribution in [0.15, 0.2) is 47.4 Å². The molecule has 1 aliphatic rings. The quantitative estimate of drug-likeness (QED) is 0.603. The van der Waals surface area contributed by atoms with E-state index in [-0.39, 0.29) is 11.8 Å². The number of carbonyl (C=O) groups excluding carboxylic acids is 1. The predicted molar refractivity (Wildman–Crippen MR) is 109 cm³/mol. The number of nitrogens with one attached hydrogen (secondary N) is 2. The number of H-pyrrole nitrogens is 1. The van der Waals surface area contributed by atoms with E-state index in [1.165, 1.54) is 16.9 Å². The summed E-state index contributed by atoms with van der Waals surface area (Å²) in [7, 11) is 0. The number of fused-ring (bicyclic) bond motifs is 1. The Kier molecular flexibility index (Phi) is 4.98. The van der Waals surface area contributed by atoms with Gasteiger partial charge in [-0.05, 0) is 48.4 Å². The summed E-state index contributed by atoms with van der Waals surface area (Å²) < 4.78 is 0. The molecular weight excluding hydrogens is 342 g/mol. The molecule has 1 heterocycles. The lowest BCUT2D eigenvalue weighted by Crippen LogP contribution is -2.24.